The molecule has 0 amide bonds. The van der Waals surface area contributed by atoms with Crippen molar-refractivity contribution in [3.05, 3.63) is 17.7 Å². The van der Waals surface area contributed by atoms with Crippen molar-refractivity contribution in [2.24, 2.45) is 0 Å². The number of hydrogen-bond donors (Lipinski definition) is 1. The third-order valence-corrected chi connectivity index (χ3v) is 6.06. The average Bonchev–Trinajstić information content (AvgIpc) is 2.80. The number of aromatic nitrogens is 2. The highest BCUT2D eigenvalue weighted by atomic mass is 32.2. The lowest BCUT2D eigenvalue weighted by atomic mass is 10.00. The predicted octanol–water partition coefficient (Wildman–Crippen LogP) is 1.14. The van der Waals surface area contributed by atoms with Crippen LogP contribution in [-0.4, -0.2) is 40.6 Å². The lowest BCUT2D eigenvalue weighted by Crippen LogP contribution is -2.31. The normalized spacial score (nSPS) is 28.8. The Bertz CT molecular complexity index is 635. The zero-order valence-corrected chi connectivity index (χ0v) is 12.0. The van der Waals surface area contributed by atoms with Gasteiger partial charge in [-0.05, 0) is 32.1 Å². The molecule has 3 rings (SSSR count). The lowest BCUT2D eigenvalue weighted by molar-refractivity contribution is -0.141. The molecule has 2 unspecified atom stereocenters. The van der Waals surface area contributed by atoms with Crippen LogP contribution in [-0.2, 0) is 21.1 Å². The molecule has 0 bridgehead atoms. The molecule has 2 aliphatic rings. The largest absolute Gasteiger partial charge is 0.480 e. The molecule has 0 spiro atoms. The minimum atomic E-state index is -3.02. The number of fused-ring (bicyclic) bond motifs is 1. The fraction of sp³-hybridized carbons (Fsp3) is 0.692. The standard InChI is InChI=1S/C13H18N2O4S/c16-13(17)11-5-1-4-10-7-14-12(15(10)11)9-3-2-6-20(18,19)8-9/h7,9,11H,1-6,8H2,(H,16,17). The number of hydrogen-bond acceptors (Lipinski definition) is 4. The number of carboxylic acids is 1. The van der Waals surface area contributed by atoms with Gasteiger partial charge in [-0.2, -0.15) is 0 Å². The minimum absolute atomic E-state index is 0.0930. The van der Waals surface area contributed by atoms with E-state index >= 15 is 0 Å². The smallest absolute Gasteiger partial charge is 0.326 e. The summed E-state index contributed by atoms with van der Waals surface area (Å²) >= 11 is 0. The first-order valence-corrected chi connectivity index (χ1v) is 8.79. The molecule has 6 nitrogen and oxygen atoms in total. The summed E-state index contributed by atoms with van der Waals surface area (Å²) in [6.45, 7) is 0. The van der Waals surface area contributed by atoms with Crippen molar-refractivity contribution < 1.29 is 18.3 Å². The summed E-state index contributed by atoms with van der Waals surface area (Å²) in [5, 5.41) is 9.36. The maximum Gasteiger partial charge on any atom is 0.326 e. The molecule has 1 aromatic rings. The Hall–Kier alpha value is -1.37. The van der Waals surface area contributed by atoms with Crippen LogP contribution >= 0.6 is 0 Å². The van der Waals surface area contributed by atoms with Crippen LogP contribution in [0, 0.1) is 0 Å². The Morgan fingerprint density at radius 1 is 1.35 bits per heavy atom. The molecule has 7 heteroatoms. The van der Waals surface area contributed by atoms with Gasteiger partial charge >= 0.3 is 5.97 Å². The summed E-state index contributed by atoms with van der Waals surface area (Å²) in [7, 11) is -3.02. The number of carboxylic acid groups (broad SMARTS) is 1. The van der Waals surface area contributed by atoms with Gasteiger partial charge in [-0.25, -0.2) is 18.2 Å². The second-order valence-corrected chi connectivity index (χ2v) is 7.91. The third-order valence-electron chi connectivity index (χ3n) is 4.24. The number of nitrogens with zero attached hydrogens (tertiary/aromatic N) is 2. The molecule has 0 radical (unpaired) electrons. The maximum absolute atomic E-state index is 11.8. The van der Waals surface area contributed by atoms with Gasteiger partial charge in [0, 0.05) is 17.8 Å². The molecule has 1 fully saturated rings. The van der Waals surface area contributed by atoms with Crippen LogP contribution < -0.4 is 0 Å². The van der Waals surface area contributed by atoms with Gasteiger partial charge < -0.3 is 9.67 Å². The van der Waals surface area contributed by atoms with Gasteiger partial charge in [-0.3, -0.25) is 0 Å². The van der Waals surface area contributed by atoms with Crippen molar-refractivity contribution in [1.29, 1.82) is 0 Å². The molecule has 2 atom stereocenters. The first-order chi connectivity index (χ1) is 9.48. The van der Waals surface area contributed by atoms with Gasteiger partial charge in [0.1, 0.15) is 11.9 Å². The topological polar surface area (TPSA) is 89.3 Å². The van der Waals surface area contributed by atoms with Crippen LogP contribution in [0.4, 0.5) is 0 Å². The van der Waals surface area contributed by atoms with Crippen LogP contribution in [0.3, 0.4) is 0 Å². The summed E-state index contributed by atoms with van der Waals surface area (Å²) in [5.74, 6) is -0.0448. The van der Waals surface area contributed by atoms with Crippen molar-refractivity contribution in [3.8, 4) is 0 Å². The third kappa shape index (κ3) is 2.34. The van der Waals surface area contributed by atoms with Crippen molar-refractivity contribution >= 4 is 15.8 Å². The molecule has 20 heavy (non-hydrogen) atoms. The molecule has 110 valence electrons. The molecule has 0 aromatic carbocycles. The Kier molecular flexibility index (Phi) is 3.32. The highest BCUT2D eigenvalue weighted by Crippen LogP contribution is 2.34. The van der Waals surface area contributed by atoms with E-state index in [1.165, 1.54) is 0 Å². The van der Waals surface area contributed by atoms with Crippen molar-refractivity contribution in [2.75, 3.05) is 11.5 Å². The van der Waals surface area contributed by atoms with E-state index in [0.717, 1.165) is 25.0 Å². The summed E-state index contributed by atoms with van der Waals surface area (Å²) < 4.78 is 25.3. The van der Waals surface area contributed by atoms with Crippen molar-refractivity contribution in [1.82, 2.24) is 9.55 Å². The first kappa shape index (κ1) is 13.6. The second kappa shape index (κ2) is 4.87. The van der Waals surface area contributed by atoms with E-state index in [0.29, 0.717) is 18.7 Å². The Labute approximate surface area is 117 Å². The number of rotatable bonds is 2. The fourth-order valence-corrected chi connectivity index (χ4v) is 5.03. The van der Waals surface area contributed by atoms with E-state index in [2.05, 4.69) is 4.98 Å². The molecule has 2 aliphatic heterocycles. The predicted molar refractivity (Wildman–Crippen MR) is 72.5 cm³/mol. The molecular weight excluding hydrogens is 280 g/mol. The van der Waals surface area contributed by atoms with E-state index < -0.39 is 21.8 Å². The molecule has 0 saturated carbocycles. The zero-order valence-electron chi connectivity index (χ0n) is 11.2. The minimum Gasteiger partial charge on any atom is -0.480 e. The van der Waals surface area contributed by atoms with Gasteiger partial charge in [0.05, 0.1) is 11.5 Å². The van der Waals surface area contributed by atoms with E-state index in [1.807, 2.05) is 0 Å². The first-order valence-electron chi connectivity index (χ1n) is 6.97. The zero-order chi connectivity index (χ0) is 14.3. The maximum atomic E-state index is 11.8. The van der Waals surface area contributed by atoms with Crippen molar-refractivity contribution in [2.45, 2.75) is 44.1 Å². The van der Waals surface area contributed by atoms with Crippen LogP contribution in [0.1, 0.15) is 49.2 Å². The van der Waals surface area contributed by atoms with Crippen LogP contribution in [0.2, 0.25) is 0 Å². The molecule has 1 saturated heterocycles. The number of imidazole rings is 1. The second-order valence-electron chi connectivity index (χ2n) is 5.68. The Morgan fingerprint density at radius 3 is 2.85 bits per heavy atom. The number of carbonyl (C=O) groups is 1. The van der Waals surface area contributed by atoms with Crippen LogP contribution in [0.5, 0.6) is 0 Å². The number of aryl methyl sites for hydroxylation is 1. The van der Waals surface area contributed by atoms with Gasteiger partial charge in [-0.1, -0.05) is 0 Å². The quantitative estimate of drug-likeness (QED) is 0.884. The van der Waals surface area contributed by atoms with Gasteiger partial charge in [0.25, 0.3) is 0 Å². The molecular formula is C13H18N2O4S. The number of sulfone groups is 1. The lowest BCUT2D eigenvalue weighted by Gasteiger charge is -2.28. The van der Waals surface area contributed by atoms with Gasteiger partial charge in [0.15, 0.2) is 9.84 Å². The summed E-state index contributed by atoms with van der Waals surface area (Å²) in [6.07, 6.45) is 5.35. The van der Waals surface area contributed by atoms with Crippen LogP contribution in [0.25, 0.3) is 0 Å². The molecule has 1 aromatic heterocycles. The van der Waals surface area contributed by atoms with E-state index in [4.69, 9.17) is 0 Å². The fourth-order valence-electron chi connectivity index (χ4n) is 3.33. The molecule has 1 N–H and O–H groups in total. The highest BCUT2D eigenvalue weighted by molar-refractivity contribution is 7.91. The van der Waals surface area contributed by atoms with E-state index in [-0.39, 0.29) is 17.4 Å². The Balaban J connectivity index is 1.99. The summed E-state index contributed by atoms with van der Waals surface area (Å²) in [6, 6.07) is -0.596. The molecule has 3 heterocycles. The van der Waals surface area contributed by atoms with Crippen molar-refractivity contribution in [3.63, 3.8) is 0 Å². The summed E-state index contributed by atoms with van der Waals surface area (Å²) in [4.78, 5) is 15.8. The average molecular weight is 298 g/mol. The van der Waals surface area contributed by atoms with Gasteiger partial charge in [0.2, 0.25) is 0 Å². The highest BCUT2D eigenvalue weighted by Gasteiger charge is 2.34. The molecule has 0 aliphatic carbocycles. The number of aliphatic carboxylic acids is 1. The summed E-state index contributed by atoms with van der Waals surface area (Å²) in [5.41, 5.74) is 0.918. The van der Waals surface area contributed by atoms with Crippen LogP contribution in [0.15, 0.2) is 6.20 Å². The van der Waals surface area contributed by atoms with E-state index in [9.17, 15) is 18.3 Å². The SMILES string of the molecule is O=C(O)C1CCCc2cnc(C3CCCS(=O)(=O)C3)n21. The monoisotopic (exact) mass is 298 g/mol. The Morgan fingerprint density at radius 2 is 2.15 bits per heavy atom. The van der Waals surface area contributed by atoms with E-state index in [1.54, 1.807) is 10.8 Å². The van der Waals surface area contributed by atoms with Gasteiger partial charge in [-0.15, -0.1) is 0 Å².